The van der Waals surface area contributed by atoms with Crippen molar-refractivity contribution in [3.63, 3.8) is 0 Å². The molecular weight excluding hydrogens is 355 g/mol. The highest BCUT2D eigenvalue weighted by atomic mass is 35.5. The normalized spacial score (nSPS) is 21.8. The van der Waals surface area contributed by atoms with Crippen LogP contribution in [-0.4, -0.2) is 31.9 Å². The van der Waals surface area contributed by atoms with E-state index in [1.807, 2.05) is 30.3 Å². The molecule has 3 rings (SSSR count). The lowest BCUT2D eigenvalue weighted by molar-refractivity contribution is 0.470. The Bertz CT molecular complexity index is 769. The van der Waals surface area contributed by atoms with Crippen LogP contribution < -0.4 is 5.73 Å². The van der Waals surface area contributed by atoms with Gasteiger partial charge in [-0.25, -0.2) is 8.42 Å². The van der Waals surface area contributed by atoms with E-state index in [0.717, 1.165) is 5.56 Å². The molecule has 0 saturated carbocycles. The van der Waals surface area contributed by atoms with Crippen molar-refractivity contribution in [3.05, 3.63) is 65.2 Å². The predicted octanol–water partition coefficient (Wildman–Crippen LogP) is 2.88. The van der Waals surface area contributed by atoms with Crippen molar-refractivity contribution in [1.82, 2.24) is 4.31 Å². The van der Waals surface area contributed by atoms with Gasteiger partial charge in [-0.2, -0.15) is 4.31 Å². The Labute approximate surface area is 147 Å². The fourth-order valence-electron chi connectivity index (χ4n) is 2.83. The minimum atomic E-state index is -3.62. The van der Waals surface area contributed by atoms with Crippen LogP contribution in [0.25, 0.3) is 0 Å². The summed E-state index contributed by atoms with van der Waals surface area (Å²) in [6, 6.07) is 16.0. The summed E-state index contributed by atoms with van der Waals surface area (Å²) in [5.74, 6) is -0.00142. The predicted molar refractivity (Wildman–Crippen MR) is 94.6 cm³/mol. The summed E-state index contributed by atoms with van der Waals surface area (Å²) >= 11 is 6.04. The number of benzene rings is 2. The highest BCUT2D eigenvalue weighted by Gasteiger charge is 2.38. The van der Waals surface area contributed by atoms with Crippen molar-refractivity contribution >= 4 is 34.0 Å². The van der Waals surface area contributed by atoms with Crippen molar-refractivity contribution in [3.8, 4) is 0 Å². The SMILES string of the molecule is Cl.N[C@@H]1CN(S(=O)(=O)c2ccccc2Cl)C[C@H]1c1ccccc1. The molecule has 0 spiro atoms. The largest absolute Gasteiger partial charge is 0.326 e. The van der Waals surface area contributed by atoms with E-state index in [1.165, 1.54) is 10.4 Å². The van der Waals surface area contributed by atoms with Gasteiger partial charge in [0.05, 0.1) is 5.02 Å². The summed E-state index contributed by atoms with van der Waals surface area (Å²) in [6.45, 7) is 0.672. The molecule has 0 radical (unpaired) electrons. The molecule has 0 amide bonds. The number of nitrogens with zero attached hydrogens (tertiary/aromatic N) is 1. The van der Waals surface area contributed by atoms with Gasteiger partial charge in [0, 0.05) is 25.0 Å². The summed E-state index contributed by atoms with van der Waals surface area (Å²) in [6.07, 6.45) is 0. The standard InChI is InChI=1S/C16H17ClN2O2S.ClH/c17-14-8-4-5-9-16(14)22(20,21)19-10-13(15(18)11-19)12-6-2-1-3-7-12;/h1-9,13,15H,10-11,18H2;1H/t13-,15+;/m0./s1. The molecule has 124 valence electrons. The van der Waals surface area contributed by atoms with Crippen molar-refractivity contribution in [1.29, 1.82) is 0 Å². The second-order valence-corrected chi connectivity index (χ2v) is 7.75. The summed E-state index contributed by atoms with van der Waals surface area (Å²) in [5, 5.41) is 0.235. The Balaban J connectivity index is 0.00000192. The van der Waals surface area contributed by atoms with E-state index < -0.39 is 10.0 Å². The average Bonchev–Trinajstić information content (AvgIpc) is 2.91. The Kier molecular flexibility index (Phi) is 5.70. The van der Waals surface area contributed by atoms with Crippen molar-refractivity contribution in [2.24, 2.45) is 5.73 Å². The summed E-state index contributed by atoms with van der Waals surface area (Å²) in [5.41, 5.74) is 7.24. The van der Waals surface area contributed by atoms with E-state index in [4.69, 9.17) is 17.3 Å². The zero-order valence-corrected chi connectivity index (χ0v) is 14.7. The Morgan fingerprint density at radius 1 is 1.00 bits per heavy atom. The van der Waals surface area contributed by atoms with Gasteiger partial charge in [0.15, 0.2) is 0 Å². The Hall–Kier alpha value is -1.11. The van der Waals surface area contributed by atoms with Crippen LogP contribution in [-0.2, 0) is 10.0 Å². The van der Waals surface area contributed by atoms with E-state index in [0.29, 0.717) is 13.1 Å². The summed E-state index contributed by atoms with van der Waals surface area (Å²) < 4.78 is 27.0. The van der Waals surface area contributed by atoms with Gasteiger partial charge in [-0.15, -0.1) is 12.4 Å². The molecule has 1 aliphatic rings. The summed E-state index contributed by atoms with van der Waals surface area (Å²) in [7, 11) is -3.62. The quantitative estimate of drug-likeness (QED) is 0.900. The maximum atomic E-state index is 12.8. The molecule has 1 saturated heterocycles. The maximum absolute atomic E-state index is 12.8. The molecule has 0 aromatic heterocycles. The first-order chi connectivity index (χ1) is 10.5. The molecule has 2 aromatic rings. The van der Waals surface area contributed by atoms with Gasteiger partial charge in [-0.3, -0.25) is 0 Å². The minimum absolute atomic E-state index is 0. The highest BCUT2D eigenvalue weighted by molar-refractivity contribution is 7.89. The Morgan fingerprint density at radius 3 is 2.26 bits per heavy atom. The Morgan fingerprint density at radius 2 is 1.61 bits per heavy atom. The number of sulfonamides is 1. The number of halogens is 2. The van der Waals surface area contributed by atoms with Crippen molar-refractivity contribution < 1.29 is 8.42 Å². The monoisotopic (exact) mass is 372 g/mol. The fraction of sp³-hybridized carbons (Fsp3) is 0.250. The van der Waals surface area contributed by atoms with E-state index in [1.54, 1.807) is 18.2 Å². The third kappa shape index (κ3) is 3.54. The van der Waals surface area contributed by atoms with Gasteiger partial charge in [0.1, 0.15) is 4.90 Å². The maximum Gasteiger partial charge on any atom is 0.244 e. The molecule has 0 aliphatic carbocycles. The van der Waals surface area contributed by atoms with E-state index in [9.17, 15) is 8.42 Å². The fourth-order valence-corrected chi connectivity index (χ4v) is 4.83. The lowest BCUT2D eigenvalue weighted by Gasteiger charge is -2.17. The molecule has 1 fully saturated rings. The van der Waals surface area contributed by atoms with Crippen molar-refractivity contribution in [2.75, 3.05) is 13.1 Å². The number of hydrogen-bond donors (Lipinski definition) is 1. The zero-order chi connectivity index (χ0) is 15.7. The first kappa shape index (κ1) is 18.2. The third-order valence-corrected chi connectivity index (χ3v) is 6.35. The lowest BCUT2D eigenvalue weighted by Crippen LogP contribution is -2.32. The van der Waals surface area contributed by atoms with Gasteiger partial charge >= 0.3 is 0 Å². The van der Waals surface area contributed by atoms with Gasteiger partial charge in [-0.05, 0) is 17.7 Å². The number of nitrogens with two attached hydrogens (primary N) is 1. The second kappa shape index (κ2) is 7.20. The first-order valence-corrected chi connectivity index (χ1v) is 8.87. The van der Waals surface area contributed by atoms with Crippen LogP contribution in [0.3, 0.4) is 0 Å². The van der Waals surface area contributed by atoms with Crippen LogP contribution in [0.5, 0.6) is 0 Å². The first-order valence-electron chi connectivity index (χ1n) is 7.05. The average molecular weight is 373 g/mol. The van der Waals surface area contributed by atoms with Crippen LogP contribution in [0, 0.1) is 0 Å². The topological polar surface area (TPSA) is 63.4 Å². The van der Waals surface area contributed by atoms with Gasteiger partial charge in [0.2, 0.25) is 10.0 Å². The molecular formula is C16H18Cl2N2O2S. The van der Waals surface area contributed by atoms with Gasteiger partial charge in [-0.1, -0.05) is 54.1 Å². The molecule has 7 heteroatoms. The number of hydrogen-bond acceptors (Lipinski definition) is 3. The van der Waals surface area contributed by atoms with Gasteiger partial charge < -0.3 is 5.73 Å². The molecule has 2 aromatic carbocycles. The second-order valence-electron chi connectivity index (χ2n) is 5.43. The van der Waals surface area contributed by atoms with E-state index in [-0.39, 0.29) is 34.3 Å². The third-order valence-electron chi connectivity index (χ3n) is 4.01. The van der Waals surface area contributed by atoms with Crippen LogP contribution in [0.2, 0.25) is 5.02 Å². The van der Waals surface area contributed by atoms with Crippen LogP contribution in [0.15, 0.2) is 59.5 Å². The smallest absolute Gasteiger partial charge is 0.244 e. The molecule has 2 N–H and O–H groups in total. The molecule has 0 unspecified atom stereocenters. The molecule has 23 heavy (non-hydrogen) atoms. The molecule has 1 heterocycles. The van der Waals surface area contributed by atoms with Crippen LogP contribution >= 0.6 is 24.0 Å². The van der Waals surface area contributed by atoms with E-state index in [2.05, 4.69) is 0 Å². The van der Waals surface area contributed by atoms with Crippen molar-refractivity contribution in [2.45, 2.75) is 16.9 Å². The minimum Gasteiger partial charge on any atom is -0.326 e. The van der Waals surface area contributed by atoms with Gasteiger partial charge in [0.25, 0.3) is 0 Å². The van der Waals surface area contributed by atoms with Crippen LogP contribution in [0.1, 0.15) is 11.5 Å². The molecule has 2 atom stereocenters. The number of rotatable bonds is 3. The van der Waals surface area contributed by atoms with E-state index >= 15 is 0 Å². The van der Waals surface area contributed by atoms with Crippen LogP contribution in [0.4, 0.5) is 0 Å². The molecule has 1 aliphatic heterocycles. The lowest BCUT2D eigenvalue weighted by atomic mass is 9.95. The highest BCUT2D eigenvalue weighted by Crippen LogP contribution is 2.32. The zero-order valence-electron chi connectivity index (χ0n) is 12.3. The molecule has 0 bridgehead atoms. The molecule has 4 nitrogen and oxygen atoms in total. The summed E-state index contributed by atoms with van der Waals surface area (Å²) in [4.78, 5) is 0.137.